The Labute approximate surface area is 129 Å². The molecule has 0 amide bonds. The minimum Gasteiger partial charge on any atom is -0.207 e. The molecule has 5 nitrogen and oxygen atoms in total. The number of hydrogen-bond acceptors (Lipinski definition) is 4. The van der Waals surface area contributed by atoms with Crippen molar-refractivity contribution >= 4 is 26.0 Å². The molecule has 1 aromatic carbocycles. The molecule has 0 radical (unpaired) electrons. The summed E-state index contributed by atoms with van der Waals surface area (Å²) in [5, 5.41) is 17.1. The highest BCUT2D eigenvalue weighted by molar-refractivity contribution is 9.10. The molecule has 0 fully saturated rings. The molecule has 0 spiro atoms. The van der Waals surface area contributed by atoms with Gasteiger partial charge in [-0.25, -0.2) is 17.2 Å². The van der Waals surface area contributed by atoms with Crippen molar-refractivity contribution in [2.75, 3.05) is 13.1 Å². The van der Waals surface area contributed by atoms with E-state index >= 15 is 0 Å². The number of nitrogens with zero attached hydrogens (tertiary/aromatic N) is 3. The van der Waals surface area contributed by atoms with Crippen LogP contribution >= 0.6 is 15.9 Å². The van der Waals surface area contributed by atoms with Gasteiger partial charge >= 0.3 is 0 Å². The normalized spacial score (nSPS) is 11.1. The van der Waals surface area contributed by atoms with Crippen molar-refractivity contribution in [2.24, 2.45) is 0 Å². The lowest BCUT2D eigenvalue weighted by atomic mass is 10.3. The number of benzene rings is 1. The molecule has 0 aromatic heterocycles. The smallest absolute Gasteiger partial charge is 0.207 e. The molecule has 0 aliphatic carbocycles. The van der Waals surface area contributed by atoms with E-state index in [1.807, 2.05) is 0 Å². The van der Waals surface area contributed by atoms with Crippen molar-refractivity contribution in [1.29, 1.82) is 10.5 Å². The van der Waals surface area contributed by atoms with E-state index in [0.29, 0.717) is 6.07 Å². The zero-order chi connectivity index (χ0) is 16.0. The number of sulfonamides is 1. The highest BCUT2D eigenvalue weighted by atomic mass is 79.9. The van der Waals surface area contributed by atoms with E-state index in [0.717, 1.165) is 10.4 Å². The maximum Gasteiger partial charge on any atom is 0.247 e. The fourth-order valence-corrected chi connectivity index (χ4v) is 4.16. The van der Waals surface area contributed by atoms with E-state index in [1.54, 1.807) is 12.1 Å². The van der Waals surface area contributed by atoms with E-state index in [1.165, 1.54) is 0 Å². The van der Waals surface area contributed by atoms with Gasteiger partial charge in [0.05, 0.1) is 12.1 Å². The van der Waals surface area contributed by atoms with Gasteiger partial charge in [0.2, 0.25) is 10.0 Å². The van der Waals surface area contributed by atoms with Crippen LogP contribution < -0.4 is 0 Å². The summed E-state index contributed by atoms with van der Waals surface area (Å²) in [5.41, 5.74) is 0. The summed E-state index contributed by atoms with van der Waals surface area (Å²) < 4.78 is 52.3. The minimum atomic E-state index is -4.28. The predicted octanol–water partition coefficient (Wildman–Crippen LogP) is 2.55. The van der Waals surface area contributed by atoms with Crippen molar-refractivity contribution < 1.29 is 17.2 Å². The SMILES string of the molecule is N#CCCN(CCC#N)S(=O)(=O)c1c(F)cc(F)cc1Br. The van der Waals surface area contributed by atoms with E-state index < -0.39 is 26.6 Å². The van der Waals surface area contributed by atoms with Crippen molar-refractivity contribution in [2.45, 2.75) is 17.7 Å². The Bertz CT molecular complexity index is 669. The highest BCUT2D eigenvalue weighted by Gasteiger charge is 2.30. The Morgan fingerprint density at radius 3 is 2.10 bits per heavy atom. The monoisotopic (exact) mass is 377 g/mol. The molecule has 0 atom stereocenters. The molecule has 0 aliphatic heterocycles. The van der Waals surface area contributed by atoms with Gasteiger partial charge in [0.25, 0.3) is 0 Å². The molecule has 21 heavy (non-hydrogen) atoms. The fourth-order valence-electron chi connectivity index (χ4n) is 1.61. The summed E-state index contributed by atoms with van der Waals surface area (Å²) >= 11 is 2.82. The van der Waals surface area contributed by atoms with E-state index in [9.17, 15) is 17.2 Å². The number of hydrogen-bond donors (Lipinski definition) is 0. The molecule has 9 heteroatoms. The third kappa shape index (κ3) is 4.21. The first-order chi connectivity index (χ1) is 9.84. The van der Waals surface area contributed by atoms with Gasteiger partial charge in [-0.3, -0.25) is 0 Å². The quantitative estimate of drug-likeness (QED) is 0.762. The first-order valence-corrected chi connectivity index (χ1v) is 7.96. The van der Waals surface area contributed by atoms with Crippen LogP contribution in [0.1, 0.15) is 12.8 Å². The van der Waals surface area contributed by atoms with Crippen molar-refractivity contribution in [3.05, 3.63) is 28.2 Å². The van der Waals surface area contributed by atoms with Crippen molar-refractivity contribution in [3.8, 4) is 12.1 Å². The lowest BCUT2D eigenvalue weighted by molar-refractivity contribution is 0.419. The molecule has 112 valence electrons. The van der Waals surface area contributed by atoms with Crippen molar-refractivity contribution in [1.82, 2.24) is 4.31 Å². The maximum atomic E-state index is 13.8. The third-order valence-corrected chi connectivity index (χ3v) is 5.37. The average molecular weight is 378 g/mol. The summed E-state index contributed by atoms with van der Waals surface area (Å²) in [5.74, 6) is -2.15. The van der Waals surface area contributed by atoms with E-state index in [-0.39, 0.29) is 30.4 Å². The second kappa shape index (κ2) is 7.46. The van der Waals surface area contributed by atoms with Crippen LogP contribution in [-0.2, 0) is 10.0 Å². The average Bonchev–Trinajstić information content (AvgIpc) is 2.36. The number of nitriles is 2. The summed E-state index contributed by atoms with van der Waals surface area (Å²) in [7, 11) is -4.28. The largest absolute Gasteiger partial charge is 0.247 e. The second-order valence-electron chi connectivity index (χ2n) is 3.92. The molecule has 0 bridgehead atoms. The Balaban J connectivity index is 3.29. The topological polar surface area (TPSA) is 85.0 Å². The van der Waals surface area contributed by atoms with Crippen LogP contribution in [0.2, 0.25) is 0 Å². The molecule has 1 aromatic rings. The Morgan fingerprint density at radius 2 is 1.67 bits per heavy atom. The molecular weight excluding hydrogens is 368 g/mol. The zero-order valence-electron chi connectivity index (χ0n) is 10.7. The lowest BCUT2D eigenvalue weighted by Gasteiger charge is -2.21. The summed E-state index contributed by atoms with van der Waals surface area (Å²) in [6, 6.07) is 4.86. The molecular formula is C12H10BrF2N3O2S. The Hall–Kier alpha value is -1.55. The van der Waals surface area contributed by atoms with Gasteiger partial charge in [-0.1, -0.05) is 0 Å². The van der Waals surface area contributed by atoms with Gasteiger partial charge in [-0.2, -0.15) is 14.8 Å². The van der Waals surface area contributed by atoms with Crippen LogP contribution in [0.3, 0.4) is 0 Å². The molecule has 1 rings (SSSR count). The molecule has 0 saturated heterocycles. The van der Waals surface area contributed by atoms with E-state index in [2.05, 4.69) is 15.9 Å². The Morgan fingerprint density at radius 1 is 1.14 bits per heavy atom. The second-order valence-corrected chi connectivity index (χ2v) is 6.65. The van der Waals surface area contributed by atoms with Gasteiger partial charge in [-0.15, -0.1) is 0 Å². The van der Waals surface area contributed by atoms with Crippen LogP contribution in [-0.4, -0.2) is 25.8 Å². The van der Waals surface area contributed by atoms with Gasteiger partial charge in [0.15, 0.2) is 0 Å². The number of halogens is 3. The summed E-state index contributed by atoms with van der Waals surface area (Å²) in [6.07, 6.45) is -0.212. The van der Waals surface area contributed by atoms with Crippen molar-refractivity contribution in [3.63, 3.8) is 0 Å². The predicted molar refractivity (Wildman–Crippen MR) is 73.3 cm³/mol. The van der Waals surface area contributed by atoms with Crippen LogP contribution in [0, 0.1) is 34.3 Å². The molecule has 0 N–H and O–H groups in total. The van der Waals surface area contributed by atoms with Gasteiger partial charge in [0.1, 0.15) is 16.5 Å². The highest BCUT2D eigenvalue weighted by Crippen LogP contribution is 2.29. The molecule has 0 saturated carbocycles. The van der Waals surface area contributed by atoms with Gasteiger partial charge in [0, 0.05) is 36.5 Å². The van der Waals surface area contributed by atoms with Crippen LogP contribution in [0.25, 0.3) is 0 Å². The molecule has 0 heterocycles. The van der Waals surface area contributed by atoms with Crippen LogP contribution in [0.4, 0.5) is 8.78 Å². The van der Waals surface area contributed by atoms with Crippen LogP contribution in [0.5, 0.6) is 0 Å². The van der Waals surface area contributed by atoms with Gasteiger partial charge < -0.3 is 0 Å². The molecule has 0 aliphatic rings. The van der Waals surface area contributed by atoms with E-state index in [4.69, 9.17) is 10.5 Å². The summed E-state index contributed by atoms with van der Waals surface area (Å²) in [4.78, 5) is -0.709. The molecule has 0 unspecified atom stereocenters. The lowest BCUT2D eigenvalue weighted by Crippen LogP contribution is -2.33. The third-order valence-electron chi connectivity index (χ3n) is 2.51. The van der Waals surface area contributed by atoms with Crippen LogP contribution in [0.15, 0.2) is 21.5 Å². The summed E-state index contributed by atoms with van der Waals surface area (Å²) in [6.45, 7) is -0.354. The minimum absolute atomic E-state index is 0.106. The maximum absolute atomic E-state index is 13.8. The Kier molecular flexibility index (Phi) is 6.21. The first kappa shape index (κ1) is 17.5. The zero-order valence-corrected chi connectivity index (χ0v) is 13.1. The van der Waals surface area contributed by atoms with Gasteiger partial charge in [-0.05, 0) is 22.0 Å². The first-order valence-electron chi connectivity index (χ1n) is 5.73. The number of rotatable bonds is 6. The standard InChI is InChI=1S/C12H10BrF2N3O2S/c13-10-7-9(14)8-11(15)12(10)21(19,20)18(5-1-3-16)6-2-4-17/h7-8H,1-2,5-6H2. The fraction of sp³-hybridized carbons (Fsp3) is 0.333.